The van der Waals surface area contributed by atoms with Crippen molar-refractivity contribution in [3.05, 3.63) is 0 Å². The van der Waals surface area contributed by atoms with Crippen LogP contribution in [0.15, 0.2) is 0 Å². The fraction of sp³-hybridized carbons (Fsp3) is 1.00. The molecule has 0 amide bonds. The maximum atomic E-state index is 5.15. The molecule has 0 aromatic heterocycles. The van der Waals surface area contributed by atoms with Gasteiger partial charge in [-0.05, 0) is 27.4 Å². The van der Waals surface area contributed by atoms with E-state index >= 15 is 0 Å². The van der Waals surface area contributed by atoms with Crippen molar-refractivity contribution in [2.24, 2.45) is 0 Å². The fourth-order valence-electron chi connectivity index (χ4n) is 1.22. The minimum atomic E-state index is 0.447. The Bertz CT molecular complexity index is 111. The monoisotopic (exact) mass is 188 g/mol. The first-order chi connectivity index (χ1) is 6.11. The average molecular weight is 188 g/mol. The van der Waals surface area contributed by atoms with Crippen molar-refractivity contribution in [2.45, 2.75) is 32.9 Å². The molecule has 0 aromatic rings. The molecule has 1 unspecified atom stereocenters. The minimum absolute atomic E-state index is 0.447. The summed E-state index contributed by atoms with van der Waals surface area (Å²) in [7, 11) is 3.89. The number of hydrogen-bond donors (Lipinski definition) is 1. The molecule has 0 rings (SSSR count). The van der Waals surface area contributed by atoms with Crippen LogP contribution in [0.2, 0.25) is 0 Å². The van der Waals surface area contributed by atoms with E-state index in [4.69, 9.17) is 4.74 Å². The Hall–Kier alpha value is -0.120. The van der Waals surface area contributed by atoms with Gasteiger partial charge in [0.05, 0.1) is 6.61 Å². The molecule has 0 heterocycles. The Morgan fingerprint density at radius 3 is 2.38 bits per heavy atom. The summed E-state index contributed by atoms with van der Waals surface area (Å²) in [6.07, 6.45) is 0. The van der Waals surface area contributed by atoms with Crippen LogP contribution in [-0.4, -0.2) is 50.8 Å². The summed E-state index contributed by atoms with van der Waals surface area (Å²) < 4.78 is 5.15. The van der Waals surface area contributed by atoms with Gasteiger partial charge < -0.3 is 15.0 Å². The van der Waals surface area contributed by atoms with Crippen LogP contribution >= 0.6 is 0 Å². The lowest BCUT2D eigenvalue weighted by Crippen LogP contribution is -2.44. The lowest BCUT2D eigenvalue weighted by molar-refractivity contribution is 0.138. The molecule has 0 saturated heterocycles. The number of methoxy groups -OCH3 is 1. The third kappa shape index (κ3) is 6.02. The summed E-state index contributed by atoms with van der Waals surface area (Å²) in [5.41, 5.74) is 0. The van der Waals surface area contributed by atoms with Crippen LogP contribution in [0.25, 0.3) is 0 Å². The minimum Gasteiger partial charge on any atom is -0.383 e. The standard InChI is InChI=1S/C10H24N2O/c1-6-11-10(8-13-5)7-12(4)9(2)3/h9-11H,6-8H2,1-5H3. The topological polar surface area (TPSA) is 24.5 Å². The van der Waals surface area contributed by atoms with Gasteiger partial charge in [0.15, 0.2) is 0 Å². The fourth-order valence-corrected chi connectivity index (χ4v) is 1.22. The maximum Gasteiger partial charge on any atom is 0.0628 e. The highest BCUT2D eigenvalue weighted by molar-refractivity contribution is 4.71. The van der Waals surface area contributed by atoms with Crippen molar-refractivity contribution in [1.82, 2.24) is 10.2 Å². The summed E-state index contributed by atoms with van der Waals surface area (Å²) in [4.78, 5) is 2.33. The largest absolute Gasteiger partial charge is 0.383 e. The zero-order valence-corrected chi connectivity index (χ0v) is 9.63. The first-order valence-electron chi connectivity index (χ1n) is 5.04. The maximum absolute atomic E-state index is 5.15. The molecule has 0 aliphatic heterocycles. The second-order valence-electron chi connectivity index (χ2n) is 3.74. The Morgan fingerprint density at radius 1 is 1.38 bits per heavy atom. The lowest BCUT2D eigenvalue weighted by atomic mass is 10.2. The van der Waals surface area contributed by atoms with Gasteiger partial charge in [-0.25, -0.2) is 0 Å². The molecule has 0 aliphatic carbocycles. The summed E-state index contributed by atoms with van der Waals surface area (Å²) in [6, 6.07) is 1.04. The number of rotatable bonds is 7. The van der Waals surface area contributed by atoms with Crippen LogP contribution in [0.5, 0.6) is 0 Å². The second kappa shape index (κ2) is 7.30. The zero-order valence-electron chi connectivity index (χ0n) is 9.63. The van der Waals surface area contributed by atoms with Gasteiger partial charge >= 0.3 is 0 Å². The zero-order chi connectivity index (χ0) is 10.3. The first kappa shape index (κ1) is 12.9. The van der Waals surface area contributed by atoms with E-state index in [1.807, 2.05) is 0 Å². The Labute approximate surface area is 82.4 Å². The van der Waals surface area contributed by atoms with Crippen LogP contribution in [0, 0.1) is 0 Å². The molecular formula is C10H24N2O. The van der Waals surface area contributed by atoms with E-state index in [9.17, 15) is 0 Å². The van der Waals surface area contributed by atoms with Gasteiger partial charge in [-0.3, -0.25) is 0 Å². The molecule has 13 heavy (non-hydrogen) atoms. The SMILES string of the molecule is CCNC(COC)CN(C)C(C)C. The van der Waals surface area contributed by atoms with Gasteiger partial charge in [-0.1, -0.05) is 6.92 Å². The number of nitrogens with one attached hydrogen (secondary N) is 1. The third-order valence-electron chi connectivity index (χ3n) is 2.25. The second-order valence-corrected chi connectivity index (χ2v) is 3.74. The molecule has 0 saturated carbocycles. The molecule has 0 aliphatic rings. The quantitative estimate of drug-likeness (QED) is 0.644. The molecule has 3 heteroatoms. The average Bonchev–Trinajstić information content (AvgIpc) is 2.05. The lowest BCUT2D eigenvalue weighted by Gasteiger charge is -2.27. The summed E-state index contributed by atoms with van der Waals surface area (Å²) in [5, 5.41) is 3.40. The van der Waals surface area contributed by atoms with E-state index in [2.05, 4.69) is 38.0 Å². The van der Waals surface area contributed by atoms with Crippen LogP contribution in [0.3, 0.4) is 0 Å². The van der Waals surface area contributed by atoms with Gasteiger partial charge in [-0.2, -0.15) is 0 Å². The number of nitrogens with zero attached hydrogens (tertiary/aromatic N) is 1. The van der Waals surface area contributed by atoms with Crippen molar-refractivity contribution in [1.29, 1.82) is 0 Å². The highest BCUT2D eigenvalue weighted by Crippen LogP contribution is 1.96. The molecule has 80 valence electrons. The van der Waals surface area contributed by atoms with E-state index in [1.165, 1.54) is 0 Å². The van der Waals surface area contributed by atoms with Gasteiger partial charge in [0, 0.05) is 25.7 Å². The molecule has 0 fully saturated rings. The third-order valence-corrected chi connectivity index (χ3v) is 2.25. The van der Waals surface area contributed by atoms with Crippen molar-refractivity contribution in [3.63, 3.8) is 0 Å². The van der Waals surface area contributed by atoms with Gasteiger partial charge in [0.25, 0.3) is 0 Å². The number of hydrogen-bond acceptors (Lipinski definition) is 3. The van der Waals surface area contributed by atoms with Gasteiger partial charge in [-0.15, -0.1) is 0 Å². The molecule has 0 bridgehead atoms. The predicted molar refractivity (Wildman–Crippen MR) is 57.1 cm³/mol. The summed E-state index contributed by atoms with van der Waals surface area (Å²) in [5.74, 6) is 0. The van der Waals surface area contributed by atoms with Crippen LogP contribution in [0.1, 0.15) is 20.8 Å². The molecule has 3 nitrogen and oxygen atoms in total. The van der Waals surface area contributed by atoms with Gasteiger partial charge in [0.1, 0.15) is 0 Å². The molecule has 0 radical (unpaired) electrons. The summed E-state index contributed by atoms with van der Waals surface area (Å²) in [6.45, 7) is 9.36. The van der Waals surface area contributed by atoms with Crippen molar-refractivity contribution in [3.8, 4) is 0 Å². The van der Waals surface area contributed by atoms with E-state index in [0.717, 1.165) is 19.7 Å². The molecule has 0 spiro atoms. The van der Waals surface area contributed by atoms with Crippen molar-refractivity contribution in [2.75, 3.05) is 33.9 Å². The first-order valence-corrected chi connectivity index (χ1v) is 5.04. The number of ether oxygens (including phenoxy) is 1. The van der Waals surface area contributed by atoms with Crippen molar-refractivity contribution >= 4 is 0 Å². The van der Waals surface area contributed by atoms with E-state index in [-0.39, 0.29) is 0 Å². The van der Waals surface area contributed by atoms with Crippen molar-refractivity contribution < 1.29 is 4.74 Å². The molecular weight excluding hydrogens is 164 g/mol. The highest BCUT2D eigenvalue weighted by atomic mass is 16.5. The Morgan fingerprint density at radius 2 is 2.00 bits per heavy atom. The van der Waals surface area contributed by atoms with E-state index in [1.54, 1.807) is 7.11 Å². The smallest absolute Gasteiger partial charge is 0.0628 e. The Balaban J connectivity index is 3.78. The highest BCUT2D eigenvalue weighted by Gasteiger charge is 2.11. The van der Waals surface area contributed by atoms with Crippen LogP contribution in [-0.2, 0) is 4.74 Å². The van der Waals surface area contributed by atoms with E-state index in [0.29, 0.717) is 12.1 Å². The molecule has 0 aromatic carbocycles. The Kier molecular flexibility index (Phi) is 7.23. The van der Waals surface area contributed by atoms with Crippen LogP contribution < -0.4 is 5.32 Å². The molecule has 1 atom stereocenters. The van der Waals surface area contributed by atoms with Gasteiger partial charge in [0.2, 0.25) is 0 Å². The predicted octanol–water partition coefficient (Wildman–Crippen LogP) is 0.951. The summed E-state index contributed by atoms with van der Waals surface area (Å²) >= 11 is 0. The van der Waals surface area contributed by atoms with E-state index < -0.39 is 0 Å². The number of likely N-dealkylation sites (N-methyl/N-ethyl adjacent to an activating group) is 2. The van der Waals surface area contributed by atoms with Crippen LogP contribution in [0.4, 0.5) is 0 Å². The normalized spacial score (nSPS) is 14.1. The molecule has 1 N–H and O–H groups in total.